The number of phenols is 1. The molecule has 3 aliphatic carbocycles. The van der Waals surface area contributed by atoms with Crippen LogP contribution in [0, 0.1) is 40.4 Å². The Bertz CT molecular complexity index is 1650. The molecule has 246 valence electrons. The molecule has 8 nitrogen and oxygen atoms in total. The van der Waals surface area contributed by atoms with Crippen molar-refractivity contribution in [2.45, 2.75) is 86.2 Å². The smallest absolute Gasteiger partial charge is 0.190 e. The fraction of sp³-hybridized carbons (Fsp3) is 0.553. The number of ether oxygens (including phenoxy) is 1. The third-order valence-electron chi connectivity index (χ3n) is 11.1. The van der Waals surface area contributed by atoms with E-state index in [1.807, 2.05) is 18.2 Å². The van der Waals surface area contributed by atoms with Crippen LogP contribution in [0.1, 0.15) is 89.2 Å². The van der Waals surface area contributed by atoms with Gasteiger partial charge >= 0.3 is 0 Å². The molecule has 2 saturated carbocycles. The second-order valence-corrected chi connectivity index (χ2v) is 15.1. The van der Waals surface area contributed by atoms with E-state index in [2.05, 4.69) is 13.8 Å². The van der Waals surface area contributed by atoms with Gasteiger partial charge in [0.25, 0.3) is 0 Å². The third-order valence-corrected chi connectivity index (χ3v) is 11.1. The summed E-state index contributed by atoms with van der Waals surface area (Å²) in [6.07, 6.45) is 3.13. The Hall–Kier alpha value is -3.65. The van der Waals surface area contributed by atoms with E-state index in [-0.39, 0.29) is 24.2 Å². The maximum Gasteiger partial charge on any atom is 0.190 e. The van der Waals surface area contributed by atoms with E-state index >= 15 is 0 Å². The first-order valence-electron chi connectivity index (χ1n) is 16.4. The lowest BCUT2D eigenvalue weighted by atomic mass is 9.40. The van der Waals surface area contributed by atoms with Gasteiger partial charge in [-0.25, -0.2) is 0 Å². The molecule has 0 bridgehead atoms. The maximum absolute atomic E-state index is 14.5. The van der Waals surface area contributed by atoms with Crippen LogP contribution in [0.25, 0.3) is 11.1 Å². The highest BCUT2D eigenvalue weighted by Crippen LogP contribution is 2.64. The Morgan fingerprint density at radius 1 is 1.00 bits per heavy atom. The van der Waals surface area contributed by atoms with Crippen LogP contribution in [0.5, 0.6) is 11.5 Å². The topological polar surface area (TPSA) is 135 Å². The fourth-order valence-electron chi connectivity index (χ4n) is 9.22. The Morgan fingerprint density at radius 2 is 1.67 bits per heavy atom. The standard InChI is InChI=1S/C38H46O8/c1-19(2)10-9-11-22-12-15-27(46-8)24(16-22)23-13-14-26(40)29-25(23)17-36(6)18-37(7)30(20(3)4)32(41)28(21(5)39)34(43)38(37,45)35(44)31(36)33(29)42/h12-16,19-20,28,30-31,40,45H,9-11,17-18H2,1-8H3/t28?,30?,31?,36-,37-,38+/m1/s1. The summed E-state index contributed by atoms with van der Waals surface area (Å²) in [6.45, 7) is 12.4. The van der Waals surface area contributed by atoms with Crippen LogP contribution in [-0.2, 0) is 32.0 Å². The molecule has 0 aromatic heterocycles. The predicted octanol–water partition coefficient (Wildman–Crippen LogP) is 5.75. The summed E-state index contributed by atoms with van der Waals surface area (Å²) in [5.41, 5.74) is -2.30. The number of aryl methyl sites for hydroxylation is 1. The molecular weight excluding hydrogens is 584 g/mol. The molecule has 6 atom stereocenters. The summed E-state index contributed by atoms with van der Waals surface area (Å²) < 4.78 is 5.75. The van der Waals surface area contributed by atoms with Gasteiger partial charge in [0.1, 0.15) is 23.2 Å². The molecule has 2 N–H and O–H groups in total. The number of fused-ring (bicyclic) bond motifs is 3. The van der Waals surface area contributed by atoms with E-state index in [9.17, 15) is 34.2 Å². The summed E-state index contributed by atoms with van der Waals surface area (Å²) in [6, 6.07) is 9.16. The monoisotopic (exact) mass is 630 g/mol. The highest BCUT2D eigenvalue weighted by Gasteiger charge is 2.76. The lowest BCUT2D eigenvalue weighted by molar-refractivity contribution is -0.205. The van der Waals surface area contributed by atoms with Crippen LogP contribution in [0.3, 0.4) is 0 Å². The van der Waals surface area contributed by atoms with Gasteiger partial charge in [0, 0.05) is 16.9 Å². The largest absolute Gasteiger partial charge is 0.507 e. The predicted molar refractivity (Wildman–Crippen MR) is 173 cm³/mol. The van der Waals surface area contributed by atoms with E-state index in [4.69, 9.17) is 4.74 Å². The van der Waals surface area contributed by atoms with E-state index in [1.54, 1.807) is 40.9 Å². The molecule has 0 heterocycles. The van der Waals surface area contributed by atoms with Crippen molar-refractivity contribution in [1.29, 1.82) is 0 Å². The van der Waals surface area contributed by atoms with Gasteiger partial charge in [-0.15, -0.1) is 0 Å². The summed E-state index contributed by atoms with van der Waals surface area (Å²) >= 11 is 0. The van der Waals surface area contributed by atoms with Gasteiger partial charge in [-0.2, -0.15) is 0 Å². The van der Waals surface area contributed by atoms with Gasteiger partial charge in [-0.3, -0.25) is 24.0 Å². The second kappa shape index (κ2) is 11.5. The molecule has 46 heavy (non-hydrogen) atoms. The quantitative estimate of drug-likeness (QED) is 0.352. The summed E-state index contributed by atoms with van der Waals surface area (Å²) in [5, 5.41) is 23.3. The van der Waals surface area contributed by atoms with Crippen LogP contribution in [0.2, 0.25) is 0 Å². The van der Waals surface area contributed by atoms with E-state index < -0.39 is 69.0 Å². The highest BCUT2D eigenvalue weighted by atomic mass is 16.5. The van der Waals surface area contributed by atoms with Crippen molar-refractivity contribution in [3.63, 3.8) is 0 Å². The van der Waals surface area contributed by atoms with Crippen LogP contribution >= 0.6 is 0 Å². The van der Waals surface area contributed by atoms with Crippen LogP contribution in [-0.4, -0.2) is 51.8 Å². The molecule has 0 saturated heterocycles. The Morgan fingerprint density at radius 3 is 2.26 bits per heavy atom. The molecule has 0 aliphatic heterocycles. The molecule has 3 aliphatic rings. The maximum atomic E-state index is 14.5. The zero-order valence-corrected chi connectivity index (χ0v) is 28.2. The molecule has 0 radical (unpaired) electrons. The fourth-order valence-corrected chi connectivity index (χ4v) is 9.22. The number of aromatic hydroxyl groups is 1. The number of methoxy groups -OCH3 is 1. The first-order valence-corrected chi connectivity index (χ1v) is 16.4. The summed E-state index contributed by atoms with van der Waals surface area (Å²) in [7, 11) is 1.57. The van der Waals surface area contributed by atoms with Gasteiger partial charge in [-0.05, 0) is 84.7 Å². The Balaban J connectivity index is 1.69. The minimum Gasteiger partial charge on any atom is -0.507 e. The minimum atomic E-state index is -2.72. The van der Waals surface area contributed by atoms with E-state index in [0.29, 0.717) is 22.8 Å². The number of benzene rings is 2. The van der Waals surface area contributed by atoms with Crippen molar-refractivity contribution >= 4 is 28.9 Å². The number of phenolic OH excluding ortho intramolecular Hbond substituents is 1. The lowest BCUT2D eigenvalue weighted by Crippen LogP contribution is -2.76. The molecular formula is C38H46O8. The lowest BCUT2D eigenvalue weighted by Gasteiger charge is -2.61. The number of Topliss-reactive ketones (excluding diaryl/α,β-unsaturated/α-hetero) is 5. The van der Waals surface area contributed by atoms with Crippen LogP contribution in [0.15, 0.2) is 30.3 Å². The number of carbonyl (C=O) groups excluding carboxylic acids is 5. The van der Waals surface area contributed by atoms with Crippen molar-refractivity contribution in [3.8, 4) is 22.6 Å². The summed E-state index contributed by atoms with van der Waals surface area (Å²) in [4.78, 5) is 69.2. The average Bonchev–Trinajstić information content (AvgIpc) is 2.94. The van der Waals surface area contributed by atoms with Crippen molar-refractivity contribution in [1.82, 2.24) is 0 Å². The van der Waals surface area contributed by atoms with E-state index in [0.717, 1.165) is 37.3 Å². The molecule has 5 rings (SSSR count). The van der Waals surface area contributed by atoms with Crippen molar-refractivity contribution in [3.05, 3.63) is 47.0 Å². The molecule has 0 amide bonds. The Labute approximate surface area is 270 Å². The van der Waals surface area contributed by atoms with E-state index in [1.165, 1.54) is 6.07 Å². The average molecular weight is 631 g/mol. The molecule has 2 fully saturated rings. The molecule has 2 aromatic carbocycles. The van der Waals surface area contributed by atoms with Gasteiger partial charge in [0.2, 0.25) is 0 Å². The number of ketones is 5. The van der Waals surface area contributed by atoms with Gasteiger partial charge in [0.15, 0.2) is 28.7 Å². The van der Waals surface area contributed by atoms with Gasteiger partial charge < -0.3 is 14.9 Å². The molecule has 3 unspecified atom stereocenters. The molecule has 2 aromatic rings. The highest BCUT2D eigenvalue weighted by molar-refractivity contribution is 6.32. The number of carbonyl (C=O) groups is 5. The zero-order valence-electron chi connectivity index (χ0n) is 28.2. The normalized spacial score (nSPS) is 30.7. The number of hydrogen-bond donors (Lipinski definition) is 2. The first-order chi connectivity index (χ1) is 21.4. The minimum absolute atomic E-state index is 0.00448. The SMILES string of the molecule is COc1ccc(CCCC(C)C)cc1-c1ccc(O)c2c1C[C@]1(C)C[C@]3(C)C(C(C)C)C(=O)C(C(C)=O)C(=O)[C@]3(O)C(=O)C1C2=O. The molecule has 0 spiro atoms. The van der Waals surface area contributed by atoms with Crippen LogP contribution < -0.4 is 4.74 Å². The number of rotatable bonds is 8. The number of aliphatic hydroxyl groups is 1. The summed E-state index contributed by atoms with van der Waals surface area (Å²) in [5.74, 6) is -7.87. The van der Waals surface area contributed by atoms with Gasteiger partial charge in [0.05, 0.1) is 18.6 Å². The second-order valence-electron chi connectivity index (χ2n) is 15.1. The number of hydrogen-bond acceptors (Lipinski definition) is 8. The van der Waals surface area contributed by atoms with Crippen LogP contribution in [0.4, 0.5) is 0 Å². The third kappa shape index (κ3) is 4.78. The van der Waals surface area contributed by atoms with Gasteiger partial charge in [-0.1, -0.05) is 60.1 Å². The molecule has 8 heteroatoms. The zero-order chi connectivity index (χ0) is 34.1. The van der Waals surface area contributed by atoms with Crippen molar-refractivity contribution in [2.24, 2.45) is 40.4 Å². The van der Waals surface area contributed by atoms with Crippen molar-refractivity contribution < 1.29 is 38.9 Å². The Kier molecular flexibility index (Phi) is 8.46. The first kappa shape index (κ1) is 33.7. The van der Waals surface area contributed by atoms with Crippen molar-refractivity contribution in [2.75, 3.05) is 7.11 Å².